The van der Waals surface area contributed by atoms with Gasteiger partial charge in [-0.2, -0.15) is 0 Å². The largest absolute Gasteiger partial charge is 0.464 e. The summed E-state index contributed by atoms with van der Waals surface area (Å²) in [5, 5.41) is 9.88. The van der Waals surface area contributed by atoms with Gasteiger partial charge >= 0.3 is 5.97 Å². The quantitative estimate of drug-likeness (QED) is 0.411. The Morgan fingerprint density at radius 3 is 2.57 bits per heavy atom. The highest BCUT2D eigenvalue weighted by Gasteiger charge is 2.46. The fourth-order valence-electron chi connectivity index (χ4n) is 1.92. The summed E-state index contributed by atoms with van der Waals surface area (Å²) in [7, 11) is 0. The topological polar surface area (TPSA) is 63.6 Å². The third-order valence-electron chi connectivity index (χ3n) is 2.76. The molecule has 0 aromatic heterocycles. The fraction of sp³-hybridized carbons (Fsp3) is 0.800. The van der Waals surface area contributed by atoms with Crippen molar-refractivity contribution in [2.24, 2.45) is 5.92 Å². The molecule has 0 saturated heterocycles. The van der Waals surface area contributed by atoms with Crippen LogP contribution in [0.15, 0.2) is 0 Å². The molecule has 1 aliphatic carbocycles. The van der Waals surface area contributed by atoms with Crippen LogP contribution in [0.5, 0.6) is 0 Å². The predicted octanol–water partition coefficient (Wildman–Crippen LogP) is 0.670. The average molecular weight is 200 g/mol. The Kier molecular flexibility index (Phi) is 3.63. The van der Waals surface area contributed by atoms with Crippen LogP contribution in [0.3, 0.4) is 0 Å². The first-order valence-electron chi connectivity index (χ1n) is 5.01. The molecule has 1 N–H and O–H groups in total. The van der Waals surface area contributed by atoms with Gasteiger partial charge < -0.3 is 9.84 Å². The maximum absolute atomic E-state index is 11.4. The van der Waals surface area contributed by atoms with E-state index in [2.05, 4.69) is 0 Å². The molecule has 0 aromatic carbocycles. The van der Waals surface area contributed by atoms with E-state index in [4.69, 9.17) is 4.74 Å². The highest BCUT2D eigenvalue weighted by atomic mass is 16.5. The number of carbonyl (C=O) groups excluding carboxylic acids is 2. The summed E-state index contributed by atoms with van der Waals surface area (Å²) in [4.78, 5) is 22.2. The van der Waals surface area contributed by atoms with Crippen molar-refractivity contribution >= 4 is 12.3 Å². The molecule has 0 aliphatic heterocycles. The number of esters is 1. The third kappa shape index (κ3) is 1.95. The molecule has 1 fully saturated rings. The molecule has 0 heterocycles. The van der Waals surface area contributed by atoms with E-state index >= 15 is 0 Å². The molecular formula is C10H16O4. The third-order valence-corrected chi connectivity index (χ3v) is 2.76. The lowest BCUT2D eigenvalue weighted by Crippen LogP contribution is -2.47. The summed E-state index contributed by atoms with van der Waals surface area (Å²) in [5.41, 5.74) is -1.91. The lowest BCUT2D eigenvalue weighted by atomic mass is 9.87. The minimum Gasteiger partial charge on any atom is -0.464 e. The molecule has 80 valence electrons. The highest BCUT2D eigenvalue weighted by Crippen LogP contribution is 2.33. The number of rotatable bonds is 4. The van der Waals surface area contributed by atoms with Gasteiger partial charge in [0.15, 0.2) is 6.29 Å². The van der Waals surface area contributed by atoms with E-state index in [0.29, 0.717) is 19.1 Å². The van der Waals surface area contributed by atoms with Crippen LogP contribution >= 0.6 is 0 Å². The first-order valence-corrected chi connectivity index (χ1v) is 5.01. The molecule has 0 unspecified atom stereocenters. The number of hydrogen-bond donors (Lipinski definition) is 1. The predicted molar refractivity (Wildman–Crippen MR) is 49.6 cm³/mol. The summed E-state index contributed by atoms with van der Waals surface area (Å²) in [6.07, 6.45) is 3.67. The van der Waals surface area contributed by atoms with Crippen LogP contribution < -0.4 is 0 Å². The zero-order chi connectivity index (χ0) is 10.6. The lowest BCUT2D eigenvalue weighted by molar-refractivity contribution is -0.171. The standard InChI is InChI=1S/C10H16O4/c1-2-14-9(12)10(13,7-11)8-5-3-4-6-8/h7-8,13H,2-6H2,1H3/t10-/m1/s1. The lowest BCUT2D eigenvalue weighted by Gasteiger charge is -2.25. The first-order chi connectivity index (χ1) is 6.65. The molecule has 1 saturated carbocycles. The summed E-state index contributed by atoms with van der Waals surface area (Å²) in [6, 6.07) is 0. The van der Waals surface area contributed by atoms with Gasteiger partial charge in [0.2, 0.25) is 5.60 Å². The molecule has 0 amide bonds. The van der Waals surface area contributed by atoms with Crippen molar-refractivity contribution < 1.29 is 19.4 Å². The van der Waals surface area contributed by atoms with Gasteiger partial charge in [-0.25, -0.2) is 4.79 Å². The Labute approximate surface area is 83.2 Å². The van der Waals surface area contributed by atoms with Crippen LogP contribution in [0.25, 0.3) is 0 Å². The van der Waals surface area contributed by atoms with Crippen molar-refractivity contribution in [3.05, 3.63) is 0 Å². The molecule has 0 bridgehead atoms. The number of carbonyl (C=O) groups is 2. The summed E-state index contributed by atoms with van der Waals surface area (Å²) in [5.74, 6) is -1.07. The van der Waals surface area contributed by atoms with Crippen molar-refractivity contribution in [2.75, 3.05) is 6.61 Å². The molecular weight excluding hydrogens is 184 g/mol. The van der Waals surface area contributed by atoms with E-state index in [1.165, 1.54) is 0 Å². The zero-order valence-electron chi connectivity index (χ0n) is 8.36. The SMILES string of the molecule is CCOC(=O)[C@@](O)(C=O)C1CCCC1. The van der Waals surface area contributed by atoms with Gasteiger partial charge in [-0.3, -0.25) is 4.79 Å². The van der Waals surface area contributed by atoms with E-state index in [-0.39, 0.29) is 12.5 Å². The monoisotopic (exact) mass is 200 g/mol. The van der Waals surface area contributed by atoms with E-state index in [0.717, 1.165) is 12.8 Å². The molecule has 1 aliphatic rings. The van der Waals surface area contributed by atoms with E-state index in [1.54, 1.807) is 6.92 Å². The van der Waals surface area contributed by atoms with Crippen molar-refractivity contribution in [2.45, 2.75) is 38.2 Å². The Hall–Kier alpha value is -0.900. The highest BCUT2D eigenvalue weighted by molar-refractivity contribution is 5.96. The van der Waals surface area contributed by atoms with E-state index < -0.39 is 11.6 Å². The van der Waals surface area contributed by atoms with E-state index in [9.17, 15) is 14.7 Å². The van der Waals surface area contributed by atoms with Crippen LogP contribution in [0.4, 0.5) is 0 Å². The normalized spacial score (nSPS) is 21.6. The van der Waals surface area contributed by atoms with Crippen molar-refractivity contribution in [3.63, 3.8) is 0 Å². The Morgan fingerprint density at radius 2 is 2.14 bits per heavy atom. The van der Waals surface area contributed by atoms with Crippen molar-refractivity contribution in [3.8, 4) is 0 Å². The summed E-state index contributed by atoms with van der Waals surface area (Å²) >= 11 is 0. The second-order valence-corrected chi connectivity index (χ2v) is 3.65. The summed E-state index contributed by atoms with van der Waals surface area (Å²) in [6.45, 7) is 1.83. The molecule has 0 aromatic rings. The fourth-order valence-corrected chi connectivity index (χ4v) is 1.92. The summed E-state index contributed by atoms with van der Waals surface area (Å²) < 4.78 is 4.69. The molecule has 0 spiro atoms. The number of aliphatic hydroxyl groups is 1. The average Bonchev–Trinajstić information content (AvgIpc) is 2.70. The van der Waals surface area contributed by atoms with Gasteiger partial charge in [-0.1, -0.05) is 12.8 Å². The maximum atomic E-state index is 11.4. The maximum Gasteiger partial charge on any atom is 0.345 e. The van der Waals surface area contributed by atoms with E-state index in [1.807, 2.05) is 0 Å². The minimum atomic E-state index is -1.91. The van der Waals surface area contributed by atoms with Gasteiger partial charge in [0, 0.05) is 5.92 Å². The molecule has 14 heavy (non-hydrogen) atoms. The number of hydrogen-bond acceptors (Lipinski definition) is 4. The van der Waals surface area contributed by atoms with Crippen LogP contribution in [-0.2, 0) is 14.3 Å². The van der Waals surface area contributed by atoms with Gasteiger partial charge in [0.05, 0.1) is 6.61 Å². The van der Waals surface area contributed by atoms with Crippen molar-refractivity contribution in [1.82, 2.24) is 0 Å². The molecule has 4 nitrogen and oxygen atoms in total. The van der Waals surface area contributed by atoms with Gasteiger partial charge in [0.25, 0.3) is 0 Å². The number of aldehydes is 1. The minimum absolute atomic E-state index is 0.182. The van der Waals surface area contributed by atoms with Crippen LogP contribution in [0.1, 0.15) is 32.6 Å². The number of ether oxygens (including phenoxy) is 1. The van der Waals surface area contributed by atoms with Gasteiger partial charge in [-0.05, 0) is 19.8 Å². The molecule has 1 atom stereocenters. The van der Waals surface area contributed by atoms with Gasteiger partial charge in [0.1, 0.15) is 0 Å². The smallest absolute Gasteiger partial charge is 0.345 e. The Balaban J connectivity index is 2.73. The zero-order valence-corrected chi connectivity index (χ0v) is 8.36. The molecule has 0 radical (unpaired) electrons. The van der Waals surface area contributed by atoms with Crippen LogP contribution in [-0.4, -0.2) is 29.6 Å². The van der Waals surface area contributed by atoms with Crippen LogP contribution in [0.2, 0.25) is 0 Å². The van der Waals surface area contributed by atoms with Crippen LogP contribution in [0, 0.1) is 5.92 Å². The molecule has 1 rings (SSSR count). The van der Waals surface area contributed by atoms with Crippen molar-refractivity contribution in [1.29, 1.82) is 0 Å². The second-order valence-electron chi connectivity index (χ2n) is 3.65. The second kappa shape index (κ2) is 4.55. The molecule has 4 heteroatoms. The Bertz CT molecular complexity index is 220. The first kappa shape index (κ1) is 11.2. The van der Waals surface area contributed by atoms with Gasteiger partial charge in [-0.15, -0.1) is 0 Å². The Morgan fingerprint density at radius 1 is 1.57 bits per heavy atom.